The quantitative estimate of drug-likeness (QED) is 0.0368. The highest BCUT2D eigenvalue weighted by Gasteiger charge is 2.36. The molecule has 70 heavy (non-hydrogen) atoms. The smallest absolute Gasteiger partial charge is 0.330 e. The summed E-state index contributed by atoms with van der Waals surface area (Å²) in [5.74, 6) is 3.83. The monoisotopic (exact) mass is 998 g/mol. The summed E-state index contributed by atoms with van der Waals surface area (Å²) in [6.45, 7) is 12.4. The first kappa shape index (κ1) is 50.1. The lowest BCUT2D eigenvalue weighted by molar-refractivity contribution is 0.0921. The molecule has 0 radical (unpaired) electrons. The molecule has 2 aliphatic heterocycles. The molecular weight excluding hydrogens is 931 g/mol. The maximum Gasteiger partial charge on any atom is 0.330 e. The average molecular weight is 999 g/mol. The van der Waals surface area contributed by atoms with Crippen LogP contribution >= 0.6 is 15.2 Å². The van der Waals surface area contributed by atoms with Crippen LogP contribution in [0.25, 0.3) is 44.3 Å². The second kappa shape index (κ2) is 22.3. The third-order valence-corrected chi connectivity index (χ3v) is 17.1. The molecular formula is C50H68N10O8P2. The number of nitrogen functional groups attached to an aromatic ring is 2. The average Bonchev–Trinajstić information content (AvgIpc) is 3.86. The third-order valence-electron chi connectivity index (χ3n) is 14.1. The minimum atomic E-state index is -4.01. The van der Waals surface area contributed by atoms with Gasteiger partial charge in [-0.1, -0.05) is 24.3 Å². The van der Waals surface area contributed by atoms with Gasteiger partial charge in [0.2, 0.25) is 0 Å². The van der Waals surface area contributed by atoms with Gasteiger partial charge in [-0.2, -0.15) is 0 Å². The normalized spacial score (nSPS) is 20.5. The van der Waals surface area contributed by atoms with Crippen LogP contribution < -0.4 is 20.9 Å². The molecule has 376 valence electrons. The number of hydrogen-bond donors (Lipinski definition) is 4. The van der Waals surface area contributed by atoms with E-state index in [0.29, 0.717) is 61.9 Å². The molecule has 18 nitrogen and oxygen atoms in total. The van der Waals surface area contributed by atoms with Gasteiger partial charge < -0.3 is 58.7 Å². The van der Waals surface area contributed by atoms with Crippen LogP contribution in [0, 0.1) is 11.8 Å². The van der Waals surface area contributed by atoms with E-state index in [2.05, 4.69) is 57.3 Å². The van der Waals surface area contributed by atoms with Crippen molar-refractivity contribution in [3.63, 3.8) is 0 Å². The van der Waals surface area contributed by atoms with Gasteiger partial charge in [0.05, 0.1) is 49.5 Å². The lowest BCUT2D eigenvalue weighted by Gasteiger charge is -2.42. The summed E-state index contributed by atoms with van der Waals surface area (Å²) in [7, 11) is -7.07. The first-order chi connectivity index (χ1) is 33.9. The van der Waals surface area contributed by atoms with Gasteiger partial charge in [-0.15, -0.1) is 0 Å². The second-order valence-corrected chi connectivity index (χ2v) is 23.1. The Bertz CT molecular complexity index is 2810. The molecule has 2 saturated heterocycles. The number of rotatable bonds is 22. The Kier molecular flexibility index (Phi) is 15.9. The molecule has 0 atom stereocenters. The van der Waals surface area contributed by atoms with Crippen molar-refractivity contribution in [3.8, 4) is 33.8 Å². The molecule has 0 spiro atoms. The Morgan fingerprint density at radius 1 is 0.643 bits per heavy atom. The Hall–Kier alpha value is -4.90. The summed E-state index contributed by atoms with van der Waals surface area (Å²) < 4.78 is 50.7. The fraction of sp³-hybridized carbons (Fsp3) is 0.520. The molecule has 4 aromatic heterocycles. The van der Waals surface area contributed by atoms with Gasteiger partial charge in [-0.3, -0.25) is 9.13 Å². The van der Waals surface area contributed by atoms with Crippen LogP contribution in [0.2, 0.25) is 0 Å². The molecule has 2 aliphatic carbocycles. The number of anilines is 2. The lowest BCUT2D eigenvalue weighted by atomic mass is 9.79. The number of nitrogens with two attached hydrogens (primary N) is 2. The van der Waals surface area contributed by atoms with Crippen molar-refractivity contribution >= 4 is 48.9 Å². The van der Waals surface area contributed by atoms with Crippen molar-refractivity contribution in [2.75, 3.05) is 89.5 Å². The number of aromatic nitrogens is 6. The largest absolute Gasteiger partial charge is 0.494 e. The highest BCUT2D eigenvalue weighted by molar-refractivity contribution is 7.53. The fourth-order valence-corrected chi connectivity index (χ4v) is 12.4. The zero-order valence-electron chi connectivity index (χ0n) is 40.4. The summed E-state index contributed by atoms with van der Waals surface area (Å²) in [6.07, 6.45) is 15.7. The minimum absolute atomic E-state index is 0.186. The SMILES string of the molecule is CCOP(=O)(CCCOc1cccc(-c2cn(C3CC(CN4CCC4)C3)c3ncnc(N)c23)c1)OCC.Nc1ncnc2c1c(-c1cccc(OCCCP(=O)(O)O)c1)cn2C1CC(CN2CCC2)C1. The van der Waals surface area contributed by atoms with E-state index in [1.165, 1.54) is 71.3 Å². The number of benzene rings is 2. The molecule has 6 N–H and O–H groups in total. The van der Waals surface area contributed by atoms with Crippen molar-refractivity contribution in [1.29, 1.82) is 0 Å². The first-order valence-corrected chi connectivity index (χ1v) is 28.4. The summed E-state index contributed by atoms with van der Waals surface area (Å²) >= 11 is 0. The van der Waals surface area contributed by atoms with Gasteiger partial charge in [0.25, 0.3) is 0 Å². The highest BCUT2D eigenvalue weighted by atomic mass is 31.2. The van der Waals surface area contributed by atoms with E-state index >= 15 is 0 Å². The van der Waals surface area contributed by atoms with Gasteiger partial charge in [0, 0.05) is 48.7 Å². The molecule has 6 aromatic rings. The number of ether oxygens (including phenoxy) is 2. The van der Waals surface area contributed by atoms with Crippen molar-refractivity contribution in [1.82, 2.24) is 38.9 Å². The van der Waals surface area contributed by atoms with E-state index in [4.69, 9.17) is 39.8 Å². The Morgan fingerprint density at radius 2 is 1.09 bits per heavy atom. The second-order valence-electron chi connectivity index (χ2n) is 19.1. The van der Waals surface area contributed by atoms with E-state index in [9.17, 15) is 9.13 Å². The van der Waals surface area contributed by atoms with Crippen LogP contribution in [0.3, 0.4) is 0 Å². The van der Waals surface area contributed by atoms with Crippen LogP contribution in [0.5, 0.6) is 11.5 Å². The molecule has 2 saturated carbocycles. The molecule has 2 aromatic carbocycles. The van der Waals surface area contributed by atoms with E-state index in [1.807, 2.05) is 56.3 Å². The Morgan fingerprint density at radius 3 is 1.49 bits per heavy atom. The molecule has 4 fully saturated rings. The van der Waals surface area contributed by atoms with Crippen LogP contribution in [0.1, 0.15) is 77.3 Å². The zero-order chi connectivity index (χ0) is 48.8. The topological polar surface area (TPSA) is 231 Å². The summed E-state index contributed by atoms with van der Waals surface area (Å²) in [5, 5.41) is 1.74. The number of nitrogens with zero attached hydrogens (tertiary/aromatic N) is 8. The van der Waals surface area contributed by atoms with E-state index < -0.39 is 15.2 Å². The van der Waals surface area contributed by atoms with Crippen molar-refractivity contribution in [2.45, 2.75) is 77.3 Å². The highest BCUT2D eigenvalue weighted by Crippen LogP contribution is 2.49. The van der Waals surface area contributed by atoms with E-state index in [0.717, 1.165) is 74.7 Å². The van der Waals surface area contributed by atoms with Crippen LogP contribution in [-0.2, 0) is 18.2 Å². The van der Waals surface area contributed by atoms with Crippen LogP contribution in [-0.4, -0.2) is 127 Å². The van der Waals surface area contributed by atoms with Gasteiger partial charge in [0.15, 0.2) is 0 Å². The molecule has 0 unspecified atom stereocenters. The maximum absolute atomic E-state index is 12.7. The minimum Gasteiger partial charge on any atom is -0.494 e. The Labute approximate surface area is 409 Å². The van der Waals surface area contributed by atoms with Crippen molar-refractivity contribution in [2.24, 2.45) is 11.8 Å². The number of hydrogen-bond acceptors (Lipinski definition) is 14. The summed E-state index contributed by atoms with van der Waals surface area (Å²) in [5.41, 5.74) is 18.3. The number of likely N-dealkylation sites (tertiary alicyclic amines) is 2. The third kappa shape index (κ3) is 11.9. The molecule has 0 amide bonds. The first-order valence-electron chi connectivity index (χ1n) is 24.9. The molecule has 4 aliphatic rings. The molecule has 10 rings (SSSR count). The Balaban J connectivity index is 0.000000175. The van der Waals surface area contributed by atoms with E-state index in [-0.39, 0.29) is 19.2 Å². The maximum atomic E-state index is 12.7. The number of fused-ring (bicyclic) bond motifs is 2. The van der Waals surface area contributed by atoms with Crippen LogP contribution in [0.4, 0.5) is 11.6 Å². The van der Waals surface area contributed by atoms with Crippen molar-refractivity contribution < 1.29 is 37.4 Å². The van der Waals surface area contributed by atoms with Gasteiger partial charge in [-0.05, 0) is 139 Å². The van der Waals surface area contributed by atoms with E-state index in [1.54, 1.807) is 6.33 Å². The standard InChI is InChI=1S/C27H38N5O4P.C23H30N5O4P/c1-3-35-37(33,36-4-2)13-7-12-34-23-9-5-8-21(16-23)24-18-32(27-25(24)26(28)29-19-30-27)22-14-20(15-22)17-31-10-6-11-31;24-22-21-20(17-4-1-5-19(12-17)32-8-3-9-33(29,30)31)14-28(23(21)26-15-25-22)18-10-16(11-18)13-27-6-2-7-27/h5,8-9,16,18-20,22H,3-4,6-7,10-15,17H2,1-2H3,(H2,28,29,30);1,4-5,12,14-16,18H,2-3,6-11,13H2,(H2,24,25,26)(H2,29,30,31). The fourth-order valence-electron chi connectivity index (χ4n) is 10.2. The molecule has 0 bridgehead atoms. The van der Waals surface area contributed by atoms with Gasteiger partial charge >= 0.3 is 15.2 Å². The van der Waals surface area contributed by atoms with Gasteiger partial charge in [0.1, 0.15) is 47.1 Å². The molecule has 6 heterocycles. The van der Waals surface area contributed by atoms with Crippen molar-refractivity contribution in [3.05, 3.63) is 73.6 Å². The summed E-state index contributed by atoms with van der Waals surface area (Å²) in [6, 6.07) is 16.5. The lowest BCUT2D eigenvalue weighted by Crippen LogP contribution is -2.43. The predicted molar refractivity (Wildman–Crippen MR) is 273 cm³/mol. The van der Waals surface area contributed by atoms with Gasteiger partial charge in [-0.25, -0.2) is 19.9 Å². The van der Waals surface area contributed by atoms with Crippen LogP contribution in [0.15, 0.2) is 73.6 Å². The predicted octanol–water partition coefficient (Wildman–Crippen LogP) is 8.66. The zero-order valence-corrected chi connectivity index (χ0v) is 42.1. The molecule has 20 heteroatoms. The summed E-state index contributed by atoms with van der Waals surface area (Å²) in [4.78, 5) is 40.8.